The van der Waals surface area contributed by atoms with Crippen molar-refractivity contribution in [3.63, 3.8) is 0 Å². The Bertz CT molecular complexity index is 459. The van der Waals surface area contributed by atoms with Crippen LogP contribution in [0.3, 0.4) is 0 Å². The van der Waals surface area contributed by atoms with E-state index in [-0.39, 0.29) is 11.7 Å². The molecule has 78 valence electrons. The molecule has 0 amide bonds. The van der Waals surface area contributed by atoms with E-state index in [0.29, 0.717) is 5.76 Å². The average Bonchev–Trinajstić information content (AvgIpc) is 2.88. The van der Waals surface area contributed by atoms with Gasteiger partial charge >= 0.3 is 5.97 Å². The Balaban J connectivity index is 2.26. The van der Waals surface area contributed by atoms with Gasteiger partial charge in [-0.2, -0.15) is 5.10 Å². The Hall–Kier alpha value is -2.04. The molecule has 0 bridgehead atoms. The number of H-pyrrole nitrogens is 1. The van der Waals surface area contributed by atoms with Gasteiger partial charge in [-0.05, 0) is 25.1 Å². The quantitative estimate of drug-likeness (QED) is 0.803. The van der Waals surface area contributed by atoms with Crippen molar-refractivity contribution in [3.05, 3.63) is 41.6 Å². The first-order valence-electron chi connectivity index (χ1n) is 4.51. The maximum Gasteiger partial charge on any atom is 0.371 e. The summed E-state index contributed by atoms with van der Waals surface area (Å²) in [6.07, 6.45) is 1.65. The number of carboxylic acid groups (broad SMARTS) is 1. The van der Waals surface area contributed by atoms with E-state index in [2.05, 4.69) is 10.2 Å². The topological polar surface area (TPSA) is 79.1 Å². The van der Waals surface area contributed by atoms with Gasteiger partial charge in [-0.25, -0.2) is 4.79 Å². The van der Waals surface area contributed by atoms with Gasteiger partial charge in [-0.15, -0.1) is 0 Å². The molecule has 0 aromatic carbocycles. The molecule has 5 nitrogen and oxygen atoms in total. The molecule has 1 unspecified atom stereocenters. The number of nitrogens with one attached hydrogen (secondary N) is 1. The summed E-state index contributed by atoms with van der Waals surface area (Å²) >= 11 is 0. The molecule has 0 fully saturated rings. The smallest absolute Gasteiger partial charge is 0.371 e. The van der Waals surface area contributed by atoms with E-state index in [1.165, 1.54) is 6.07 Å². The van der Waals surface area contributed by atoms with Crippen LogP contribution in [-0.4, -0.2) is 21.3 Å². The zero-order valence-corrected chi connectivity index (χ0v) is 8.10. The van der Waals surface area contributed by atoms with Crippen LogP contribution in [0, 0.1) is 0 Å². The van der Waals surface area contributed by atoms with E-state index in [0.717, 1.165) is 5.69 Å². The van der Waals surface area contributed by atoms with Crippen LogP contribution in [0.2, 0.25) is 0 Å². The van der Waals surface area contributed by atoms with Gasteiger partial charge in [0.15, 0.2) is 0 Å². The van der Waals surface area contributed by atoms with E-state index in [4.69, 9.17) is 9.52 Å². The van der Waals surface area contributed by atoms with Crippen molar-refractivity contribution in [3.8, 4) is 0 Å². The standard InChI is InChI=1S/C10H10N2O3/c1-6(7-4-5-11-12-7)8-2-3-9(15-8)10(13)14/h2-6H,1H3,(H,11,12)(H,13,14). The number of rotatable bonds is 3. The highest BCUT2D eigenvalue weighted by molar-refractivity contribution is 5.84. The molecule has 0 radical (unpaired) electrons. The lowest BCUT2D eigenvalue weighted by Crippen LogP contribution is -1.96. The number of aromatic amines is 1. The first kappa shape index (κ1) is 9.51. The van der Waals surface area contributed by atoms with Gasteiger partial charge < -0.3 is 9.52 Å². The van der Waals surface area contributed by atoms with Crippen LogP contribution in [0.5, 0.6) is 0 Å². The second-order valence-corrected chi connectivity index (χ2v) is 3.24. The molecule has 1 atom stereocenters. The highest BCUT2D eigenvalue weighted by atomic mass is 16.4. The third-order valence-corrected chi connectivity index (χ3v) is 2.25. The molecule has 0 aliphatic rings. The molecule has 5 heteroatoms. The molecule has 0 saturated carbocycles. The molecule has 2 rings (SSSR count). The Morgan fingerprint density at radius 2 is 2.33 bits per heavy atom. The normalized spacial score (nSPS) is 12.6. The number of carboxylic acids is 1. The lowest BCUT2D eigenvalue weighted by Gasteiger charge is -2.04. The zero-order chi connectivity index (χ0) is 10.8. The summed E-state index contributed by atoms with van der Waals surface area (Å²) in [5.74, 6) is -0.522. The van der Waals surface area contributed by atoms with Crippen LogP contribution >= 0.6 is 0 Å². The van der Waals surface area contributed by atoms with Crippen molar-refractivity contribution in [2.75, 3.05) is 0 Å². The lowest BCUT2D eigenvalue weighted by molar-refractivity contribution is 0.0660. The van der Waals surface area contributed by atoms with Crippen molar-refractivity contribution in [2.45, 2.75) is 12.8 Å². The molecule has 2 heterocycles. The van der Waals surface area contributed by atoms with Gasteiger partial charge in [0.25, 0.3) is 0 Å². The summed E-state index contributed by atoms with van der Waals surface area (Å²) < 4.78 is 5.18. The molecule has 2 N–H and O–H groups in total. The van der Waals surface area contributed by atoms with Gasteiger partial charge in [0, 0.05) is 11.9 Å². The molecular weight excluding hydrogens is 196 g/mol. The number of hydrogen-bond acceptors (Lipinski definition) is 3. The summed E-state index contributed by atoms with van der Waals surface area (Å²) in [6.45, 7) is 1.91. The molecule has 0 aliphatic heterocycles. The van der Waals surface area contributed by atoms with Crippen molar-refractivity contribution in [2.24, 2.45) is 0 Å². The highest BCUT2D eigenvalue weighted by Gasteiger charge is 2.16. The Morgan fingerprint density at radius 3 is 2.87 bits per heavy atom. The summed E-state index contributed by atoms with van der Waals surface area (Å²) in [5, 5.41) is 15.3. The van der Waals surface area contributed by atoms with E-state index >= 15 is 0 Å². The Morgan fingerprint density at radius 1 is 1.53 bits per heavy atom. The maximum absolute atomic E-state index is 10.6. The van der Waals surface area contributed by atoms with E-state index in [1.807, 2.05) is 13.0 Å². The molecule has 2 aromatic rings. The summed E-state index contributed by atoms with van der Waals surface area (Å²) in [7, 11) is 0. The van der Waals surface area contributed by atoms with Crippen LogP contribution < -0.4 is 0 Å². The van der Waals surface area contributed by atoms with Crippen LogP contribution in [0.15, 0.2) is 28.8 Å². The fourth-order valence-electron chi connectivity index (χ4n) is 1.36. The largest absolute Gasteiger partial charge is 0.475 e. The monoisotopic (exact) mass is 206 g/mol. The zero-order valence-electron chi connectivity index (χ0n) is 8.10. The molecule has 0 aliphatic carbocycles. The van der Waals surface area contributed by atoms with Crippen LogP contribution in [0.1, 0.15) is 34.9 Å². The summed E-state index contributed by atoms with van der Waals surface area (Å²) in [4.78, 5) is 10.6. The van der Waals surface area contributed by atoms with Crippen LogP contribution in [0.4, 0.5) is 0 Å². The minimum Gasteiger partial charge on any atom is -0.475 e. The molecule has 15 heavy (non-hydrogen) atoms. The van der Waals surface area contributed by atoms with Gasteiger partial charge in [-0.3, -0.25) is 5.10 Å². The Labute approximate surface area is 85.7 Å². The lowest BCUT2D eigenvalue weighted by atomic mass is 10.1. The molecule has 2 aromatic heterocycles. The third-order valence-electron chi connectivity index (χ3n) is 2.25. The fraction of sp³-hybridized carbons (Fsp3) is 0.200. The van der Waals surface area contributed by atoms with E-state index < -0.39 is 5.97 Å². The first-order chi connectivity index (χ1) is 7.18. The molecular formula is C10H10N2O3. The summed E-state index contributed by atoms with van der Waals surface area (Å²) in [5.41, 5.74) is 0.890. The highest BCUT2D eigenvalue weighted by Crippen LogP contribution is 2.23. The minimum atomic E-state index is -1.06. The maximum atomic E-state index is 10.6. The number of hydrogen-bond donors (Lipinski definition) is 2. The second-order valence-electron chi connectivity index (χ2n) is 3.24. The van der Waals surface area contributed by atoms with Gasteiger partial charge in [0.2, 0.25) is 5.76 Å². The van der Waals surface area contributed by atoms with Crippen molar-refractivity contribution in [1.29, 1.82) is 0 Å². The number of aromatic nitrogens is 2. The summed E-state index contributed by atoms with van der Waals surface area (Å²) in [6, 6.07) is 4.94. The SMILES string of the molecule is CC(c1ccn[nH]1)c1ccc(C(=O)O)o1. The average molecular weight is 206 g/mol. The predicted octanol–water partition coefficient (Wildman–Crippen LogP) is 1.85. The Kier molecular flexibility index (Phi) is 2.29. The van der Waals surface area contributed by atoms with Crippen LogP contribution in [0.25, 0.3) is 0 Å². The van der Waals surface area contributed by atoms with E-state index in [1.54, 1.807) is 12.3 Å². The van der Waals surface area contributed by atoms with Gasteiger partial charge in [0.1, 0.15) is 5.76 Å². The minimum absolute atomic E-state index is 0.0272. The van der Waals surface area contributed by atoms with Gasteiger partial charge in [-0.1, -0.05) is 0 Å². The molecule has 0 saturated heterocycles. The van der Waals surface area contributed by atoms with Crippen LogP contribution in [-0.2, 0) is 0 Å². The third kappa shape index (κ3) is 1.76. The van der Waals surface area contributed by atoms with Crippen molar-refractivity contribution in [1.82, 2.24) is 10.2 Å². The second kappa shape index (κ2) is 3.61. The predicted molar refractivity (Wildman–Crippen MR) is 51.8 cm³/mol. The molecule has 0 spiro atoms. The first-order valence-corrected chi connectivity index (χ1v) is 4.51. The number of furan rings is 1. The fourth-order valence-corrected chi connectivity index (χ4v) is 1.36. The van der Waals surface area contributed by atoms with Crippen molar-refractivity contribution >= 4 is 5.97 Å². The number of aromatic carboxylic acids is 1. The van der Waals surface area contributed by atoms with Gasteiger partial charge in [0.05, 0.1) is 5.92 Å². The number of carbonyl (C=O) groups is 1. The number of nitrogens with zero attached hydrogens (tertiary/aromatic N) is 1. The van der Waals surface area contributed by atoms with E-state index in [9.17, 15) is 4.79 Å². The van der Waals surface area contributed by atoms with Crippen molar-refractivity contribution < 1.29 is 14.3 Å².